The maximum absolute atomic E-state index is 6.25. The maximum Gasteiger partial charge on any atom is 0.135 e. The van der Waals surface area contributed by atoms with Gasteiger partial charge >= 0.3 is 0 Å². The Kier molecular flexibility index (Phi) is 5.96. The number of rotatable bonds is 4. The highest BCUT2D eigenvalue weighted by Gasteiger charge is 2.19. The van der Waals surface area contributed by atoms with Gasteiger partial charge in [0.05, 0.1) is 11.0 Å². The molecule has 0 aliphatic rings. The number of nitrogens with zero attached hydrogens (tertiary/aromatic N) is 1. The van der Waals surface area contributed by atoms with E-state index >= 15 is 0 Å². The minimum atomic E-state index is 0.890. The fourth-order valence-corrected chi connectivity index (χ4v) is 7.99. The monoisotopic (exact) mass is 651 g/mol. The average molecular weight is 652 g/mol. The number of para-hydroxylation sites is 3. The lowest BCUT2D eigenvalue weighted by Gasteiger charge is -2.14. The summed E-state index contributed by atoms with van der Waals surface area (Å²) in [5, 5.41) is 6.91. The summed E-state index contributed by atoms with van der Waals surface area (Å²) in [7, 11) is 0. The minimum absolute atomic E-state index is 0.890. The summed E-state index contributed by atoms with van der Waals surface area (Å²) in [6, 6.07) is 62.8. The second kappa shape index (κ2) is 10.8. The Labute approximate surface area is 293 Å². The van der Waals surface area contributed by atoms with E-state index in [1.165, 1.54) is 33.0 Å². The molecule has 0 saturated carbocycles. The molecule has 0 bridgehead atoms. The maximum atomic E-state index is 6.25. The van der Waals surface area contributed by atoms with Crippen LogP contribution in [0.4, 0.5) is 0 Å². The molecule has 11 aromatic rings. The highest BCUT2D eigenvalue weighted by molar-refractivity contribution is 6.14. The van der Waals surface area contributed by atoms with Gasteiger partial charge in [-0.05, 0) is 100 Å². The summed E-state index contributed by atoms with van der Waals surface area (Å²) in [5.74, 6) is 0. The first kappa shape index (κ1) is 28.0. The molecule has 0 atom stereocenters. The molecule has 8 aromatic carbocycles. The molecule has 3 aromatic heterocycles. The Bertz CT molecular complexity index is 3120. The molecule has 3 heteroatoms. The molecule has 51 heavy (non-hydrogen) atoms. The fourth-order valence-electron chi connectivity index (χ4n) is 7.99. The predicted molar refractivity (Wildman–Crippen MR) is 212 cm³/mol. The normalized spacial score (nSPS) is 11.9. The van der Waals surface area contributed by atoms with E-state index in [1.807, 2.05) is 24.3 Å². The van der Waals surface area contributed by atoms with Crippen LogP contribution in [-0.2, 0) is 0 Å². The highest BCUT2D eigenvalue weighted by Crippen LogP contribution is 2.43. The van der Waals surface area contributed by atoms with Gasteiger partial charge in [-0.3, -0.25) is 0 Å². The number of hydrogen-bond donors (Lipinski definition) is 0. The van der Waals surface area contributed by atoms with Gasteiger partial charge in [0, 0.05) is 38.0 Å². The molecule has 0 fully saturated rings. The Morgan fingerprint density at radius 3 is 1.43 bits per heavy atom. The van der Waals surface area contributed by atoms with E-state index in [0.717, 1.165) is 71.8 Å². The molecular formula is C48H29NO2. The van der Waals surface area contributed by atoms with Gasteiger partial charge in [0.15, 0.2) is 0 Å². The molecular weight excluding hydrogens is 623 g/mol. The zero-order valence-electron chi connectivity index (χ0n) is 27.5. The molecule has 0 aliphatic heterocycles. The fraction of sp³-hybridized carbons (Fsp3) is 0. The largest absolute Gasteiger partial charge is 0.456 e. The van der Waals surface area contributed by atoms with Crippen LogP contribution in [0.25, 0.3) is 105 Å². The number of fused-ring (bicyclic) bond motifs is 9. The van der Waals surface area contributed by atoms with Crippen molar-refractivity contribution >= 4 is 65.7 Å². The third kappa shape index (κ3) is 4.32. The van der Waals surface area contributed by atoms with Crippen LogP contribution in [-0.4, -0.2) is 4.57 Å². The number of hydrogen-bond acceptors (Lipinski definition) is 2. The summed E-state index contributed by atoms with van der Waals surface area (Å²) in [6.45, 7) is 0. The van der Waals surface area contributed by atoms with E-state index in [0.29, 0.717) is 0 Å². The first-order valence-electron chi connectivity index (χ1n) is 17.3. The van der Waals surface area contributed by atoms with Crippen molar-refractivity contribution < 1.29 is 8.83 Å². The standard InChI is InChI=1S/C48H29NO2/c1-2-10-30(11-3-1)31-18-22-34(23-19-31)49-43-15-7-4-12-35(43)40-28-38(32-20-24-47-41(26-32)36-13-5-8-16-45(36)50-47)39(29-44(40)49)33-21-25-48-42(27-33)37-14-6-9-17-46(37)51-48/h1-29H. The van der Waals surface area contributed by atoms with Crippen LogP contribution in [0, 0.1) is 0 Å². The first-order chi connectivity index (χ1) is 25.3. The summed E-state index contributed by atoms with van der Waals surface area (Å²) < 4.78 is 14.9. The molecule has 0 N–H and O–H groups in total. The first-order valence-corrected chi connectivity index (χ1v) is 17.3. The zero-order chi connectivity index (χ0) is 33.5. The molecule has 0 spiro atoms. The van der Waals surface area contributed by atoms with Crippen molar-refractivity contribution in [2.45, 2.75) is 0 Å². The van der Waals surface area contributed by atoms with E-state index in [1.54, 1.807) is 0 Å². The summed E-state index contributed by atoms with van der Waals surface area (Å²) >= 11 is 0. The quantitative estimate of drug-likeness (QED) is 0.190. The summed E-state index contributed by atoms with van der Waals surface area (Å²) in [5.41, 5.74) is 14.1. The topological polar surface area (TPSA) is 31.2 Å². The highest BCUT2D eigenvalue weighted by atomic mass is 16.3. The van der Waals surface area contributed by atoms with Crippen LogP contribution < -0.4 is 0 Å². The average Bonchev–Trinajstić information content (AvgIpc) is 3.86. The Morgan fingerprint density at radius 1 is 0.294 bits per heavy atom. The lowest BCUT2D eigenvalue weighted by Crippen LogP contribution is -1.95. The molecule has 3 nitrogen and oxygen atoms in total. The second-order valence-electron chi connectivity index (χ2n) is 13.3. The van der Waals surface area contributed by atoms with Crippen LogP contribution >= 0.6 is 0 Å². The van der Waals surface area contributed by atoms with Gasteiger partial charge in [0.2, 0.25) is 0 Å². The van der Waals surface area contributed by atoms with Crippen molar-refractivity contribution in [3.05, 3.63) is 176 Å². The van der Waals surface area contributed by atoms with Gasteiger partial charge in [-0.15, -0.1) is 0 Å². The van der Waals surface area contributed by atoms with E-state index < -0.39 is 0 Å². The van der Waals surface area contributed by atoms with Gasteiger partial charge in [-0.2, -0.15) is 0 Å². The molecule has 0 amide bonds. The van der Waals surface area contributed by atoms with E-state index in [2.05, 4.69) is 156 Å². The van der Waals surface area contributed by atoms with E-state index in [-0.39, 0.29) is 0 Å². The third-order valence-electron chi connectivity index (χ3n) is 10.4. The van der Waals surface area contributed by atoms with Crippen molar-refractivity contribution in [2.75, 3.05) is 0 Å². The smallest absolute Gasteiger partial charge is 0.135 e. The predicted octanol–water partition coefficient (Wildman–Crippen LogP) is 13.6. The Hall–Kier alpha value is -6.84. The molecule has 11 rings (SSSR count). The van der Waals surface area contributed by atoms with Crippen LogP contribution in [0.3, 0.4) is 0 Å². The SMILES string of the molecule is c1ccc(-c2ccc(-n3c4ccccc4c4cc(-c5ccc6oc7ccccc7c6c5)c(-c5ccc6oc7ccccc7c6c5)cc43)cc2)cc1. The van der Waals surface area contributed by atoms with Gasteiger partial charge < -0.3 is 13.4 Å². The van der Waals surface area contributed by atoms with Crippen molar-refractivity contribution in [3.63, 3.8) is 0 Å². The van der Waals surface area contributed by atoms with Gasteiger partial charge in [0.25, 0.3) is 0 Å². The minimum Gasteiger partial charge on any atom is -0.456 e. The molecule has 3 heterocycles. The van der Waals surface area contributed by atoms with Crippen molar-refractivity contribution in [1.29, 1.82) is 0 Å². The number of benzene rings is 8. The van der Waals surface area contributed by atoms with Gasteiger partial charge in [-0.25, -0.2) is 0 Å². The van der Waals surface area contributed by atoms with Crippen molar-refractivity contribution in [1.82, 2.24) is 4.57 Å². The third-order valence-corrected chi connectivity index (χ3v) is 10.4. The van der Waals surface area contributed by atoms with Crippen molar-refractivity contribution in [2.24, 2.45) is 0 Å². The summed E-state index contributed by atoms with van der Waals surface area (Å²) in [4.78, 5) is 0. The second-order valence-corrected chi connectivity index (χ2v) is 13.3. The number of furan rings is 2. The van der Waals surface area contributed by atoms with E-state index in [9.17, 15) is 0 Å². The van der Waals surface area contributed by atoms with Crippen LogP contribution in [0.1, 0.15) is 0 Å². The van der Waals surface area contributed by atoms with Gasteiger partial charge in [-0.1, -0.05) is 109 Å². The zero-order valence-corrected chi connectivity index (χ0v) is 27.5. The Balaban J connectivity index is 1.20. The Morgan fingerprint density at radius 2 is 0.784 bits per heavy atom. The summed E-state index contributed by atoms with van der Waals surface area (Å²) in [6.07, 6.45) is 0. The van der Waals surface area contributed by atoms with Crippen molar-refractivity contribution in [3.8, 4) is 39.1 Å². The van der Waals surface area contributed by atoms with Crippen LogP contribution in [0.2, 0.25) is 0 Å². The molecule has 238 valence electrons. The number of aromatic nitrogens is 1. The van der Waals surface area contributed by atoms with Gasteiger partial charge in [0.1, 0.15) is 22.3 Å². The van der Waals surface area contributed by atoms with Crippen LogP contribution in [0.15, 0.2) is 185 Å². The lowest BCUT2D eigenvalue weighted by atomic mass is 9.91. The molecule has 0 radical (unpaired) electrons. The van der Waals surface area contributed by atoms with Crippen LogP contribution in [0.5, 0.6) is 0 Å². The van der Waals surface area contributed by atoms with E-state index in [4.69, 9.17) is 8.83 Å². The molecule has 0 saturated heterocycles. The molecule has 0 unspecified atom stereocenters. The molecule has 0 aliphatic carbocycles. The lowest BCUT2D eigenvalue weighted by molar-refractivity contribution is 0.668.